The first-order chi connectivity index (χ1) is 12.5. The maximum Gasteiger partial charge on any atom is 0.317 e. The highest BCUT2D eigenvalue weighted by molar-refractivity contribution is 5.94. The fourth-order valence-electron chi connectivity index (χ4n) is 3.68. The average Bonchev–Trinajstić information content (AvgIpc) is 3.27. The molecule has 0 unspecified atom stereocenters. The third kappa shape index (κ3) is 2.38. The molecule has 26 heavy (non-hydrogen) atoms. The smallest absolute Gasteiger partial charge is 0.317 e. The van der Waals surface area contributed by atoms with Crippen molar-refractivity contribution in [2.45, 2.75) is 12.1 Å². The van der Waals surface area contributed by atoms with E-state index in [2.05, 4.69) is 10.1 Å². The summed E-state index contributed by atoms with van der Waals surface area (Å²) in [5.74, 6) is -1.79. The predicted molar refractivity (Wildman–Crippen MR) is 86.6 cm³/mol. The van der Waals surface area contributed by atoms with E-state index in [0.29, 0.717) is 5.69 Å². The van der Waals surface area contributed by atoms with Gasteiger partial charge >= 0.3 is 5.97 Å². The molecule has 2 aromatic rings. The van der Waals surface area contributed by atoms with Crippen molar-refractivity contribution in [2.24, 2.45) is 5.41 Å². The zero-order valence-electron chi connectivity index (χ0n) is 13.8. The van der Waals surface area contributed by atoms with Crippen molar-refractivity contribution in [3.8, 4) is 5.69 Å². The van der Waals surface area contributed by atoms with E-state index in [-0.39, 0.29) is 38.4 Å². The molecule has 0 bridgehead atoms. The number of pyridine rings is 1. The molecule has 0 saturated carbocycles. The van der Waals surface area contributed by atoms with E-state index in [1.54, 1.807) is 35.3 Å². The number of carbonyl (C=O) groups excluding carboxylic acids is 1. The molecule has 0 radical (unpaired) electrons. The van der Waals surface area contributed by atoms with Gasteiger partial charge in [0.1, 0.15) is 11.1 Å². The average molecular weight is 360 g/mol. The minimum Gasteiger partial charge on any atom is -0.481 e. The van der Waals surface area contributed by atoms with Gasteiger partial charge in [0.2, 0.25) is 0 Å². The van der Waals surface area contributed by atoms with Gasteiger partial charge in [0.05, 0.1) is 18.8 Å². The highest BCUT2D eigenvalue weighted by Gasteiger charge is 2.66. The van der Waals surface area contributed by atoms with Crippen LogP contribution in [-0.2, 0) is 9.53 Å². The van der Waals surface area contributed by atoms with Gasteiger partial charge in [-0.2, -0.15) is 5.10 Å². The molecule has 8 nitrogen and oxygen atoms in total. The lowest BCUT2D eigenvalue weighted by atomic mass is 9.73. The van der Waals surface area contributed by atoms with Crippen molar-refractivity contribution in [1.82, 2.24) is 19.7 Å². The highest BCUT2D eigenvalue weighted by atomic mass is 19.1. The van der Waals surface area contributed by atoms with E-state index in [9.17, 15) is 14.7 Å². The van der Waals surface area contributed by atoms with Crippen LogP contribution < -0.4 is 0 Å². The maximum atomic E-state index is 15.4. The largest absolute Gasteiger partial charge is 0.481 e. The number of ether oxygens (including phenoxy) is 1. The molecule has 0 aromatic carbocycles. The van der Waals surface area contributed by atoms with E-state index in [4.69, 9.17) is 4.74 Å². The third-order valence-corrected chi connectivity index (χ3v) is 5.18. The molecular formula is C17H17FN4O4. The summed E-state index contributed by atoms with van der Waals surface area (Å²) < 4.78 is 22.2. The number of carboxylic acids is 1. The summed E-state index contributed by atoms with van der Waals surface area (Å²) in [4.78, 5) is 29.9. The van der Waals surface area contributed by atoms with Crippen LogP contribution in [0.4, 0.5) is 4.39 Å². The summed E-state index contributed by atoms with van der Waals surface area (Å²) in [5, 5.41) is 13.7. The molecule has 1 N–H and O–H groups in total. The zero-order valence-corrected chi connectivity index (χ0v) is 13.8. The predicted octanol–water partition coefficient (Wildman–Crippen LogP) is 0.923. The molecule has 2 fully saturated rings. The first-order valence-corrected chi connectivity index (χ1v) is 8.21. The van der Waals surface area contributed by atoms with E-state index in [0.717, 1.165) is 0 Å². The van der Waals surface area contributed by atoms with Crippen LogP contribution in [0.1, 0.15) is 16.9 Å². The minimum absolute atomic E-state index is 0.0518. The number of hydrogen-bond donors (Lipinski definition) is 1. The molecule has 1 amide bonds. The Morgan fingerprint density at radius 3 is 2.85 bits per heavy atom. The number of likely N-dealkylation sites (tertiary alicyclic amines) is 1. The molecule has 4 rings (SSSR count). The Balaban J connectivity index is 1.64. The number of aromatic nitrogens is 3. The molecule has 0 aliphatic carbocycles. The van der Waals surface area contributed by atoms with Crippen LogP contribution in [0.25, 0.3) is 5.69 Å². The van der Waals surface area contributed by atoms with Crippen LogP contribution in [0.15, 0.2) is 36.8 Å². The van der Waals surface area contributed by atoms with Crippen molar-refractivity contribution >= 4 is 11.9 Å². The topological polar surface area (TPSA) is 97.5 Å². The summed E-state index contributed by atoms with van der Waals surface area (Å²) in [6.45, 7) is -0.634. The van der Waals surface area contributed by atoms with Crippen LogP contribution in [0, 0.1) is 5.41 Å². The zero-order chi connectivity index (χ0) is 18.4. The fraction of sp³-hybridized carbons (Fsp3) is 0.412. The van der Waals surface area contributed by atoms with Crippen molar-refractivity contribution in [3.63, 3.8) is 0 Å². The second-order valence-electron chi connectivity index (χ2n) is 6.67. The summed E-state index contributed by atoms with van der Waals surface area (Å²) >= 11 is 0. The summed E-state index contributed by atoms with van der Waals surface area (Å²) in [7, 11) is 0. The number of fused-ring (bicyclic) bond motifs is 1. The molecule has 136 valence electrons. The molecule has 2 aliphatic rings. The first kappa shape index (κ1) is 16.6. The van der Waals surface area contributed by atoms with E-state index < -0.39 is 23.0 Å². The third-order valence-electron chi connectivity index (χ3n) is 5.18. The lowest BCUT2D eigenvalue weighted by Gasteiger charge is -2.38. The SMILES string of the molecule is O=C(c1cc(-n2cccn2)ccn1)N1C[C@@]2(F)CCOC[C@@]2(C(=O)O)C1. The lowest BCUT2D eigenvalue weighted by Crippen LogP contribution is -2.56. The first-order valence-electron chi connectivity index (χ1n) is 8.21. The second-order valence-corrected chi connectivity index (χ2v) is 6.67. The number of halogens is 1. The molecule has 9 heteroatoms. The lowest BCUT2D eigenvalue weighted by molar-refractivity contribution is -0.171. The van der Waals surface area contributed by atoms with Gasteiger partial charge in [0.25, 0.3) is 5.91 Å². The van der Waals surface area contributed by atoms with Crippen LogP contribution in [-0.4, -0.2) is 68.6 Å². The van der Waals surface area contributed by atoms with Crippen LogP contribution in [0.3, 0.4) is 0 Å². The normalized spacial score (nSPS) is 28.0. The Bertz CT molecular complexity index is 858. The molecule has 2 saturated heterocycles. The van der Waals surface area contributed by atoms with Crippen LogP contribution >= 0.6 is 0 Å². The summed E-state index contributed by atoms with van der Waals surface area (Å²) in [5.41, 5.74) is -3.00. The Morgan fingerprint density at radius 1 is 1.31 bits per heavy atom. The standard InChI is InChI=1S/C17H17FN4O4/c18-17-3-7-26-11-16(17,15(24)25)9-21(10-17)14(23)13-8-12(2-5-19-13)22-6-1-4-20-22/h1-2,4-6,8H,3,7,9-11H2,(H,24,25)/t16-,17+/m1/s1. The van der Waals surface area contributed by atoms with Crippen molar-refractivity contribution < 1.29 is 23.8 Å². The molecule has 2 aliphatic heterocycles. The van der Waals surface area contributed by atoms with Crippen molar-refractivity contribution in [3.05, 3.63) is 42.5 Å². The van der Waals surface area contributed by atoms with Gasteiger partial charge in [0, 0.05) is 38.2 Å². The highest BCUT2D eigenvalue weighted by Crippen LogP contribution is 2.48. The number of rotatable bonds is 3. The van der Waals surface area contributed by atoms with Crippen LogP contribution in [0.2, 0.25) is 0 Å². The monoisotopic (exact) mass is 360 g/mol. The van der Waals surface area contributed by atoms with Gasteiger partial charge in [-0.15, -0.1) is 0 Å². The Kier molecular flexibility index (Phi) is 3.76. The number of carbonyl (C=O) groups is 2. The minimum atomic E-state index is -2.01. The number of alkyl halides is 1. The Hall–Kier alpha value is -2.81. The number of carboxylic acid groups (broad SMARTS) is 1. The van der Waals surface area contributed by atoms with Gasteiger partial charge < -0.3 is 14.7 Å². The molecule has 2 aromatic heterocycles. The van der Waals surface area contributed by atoms with E-state index in [1.807, 2.05) is 0 Å². The van der Waals surface area contributed by atoms with E-state index in [1.165, 1.54) is 11.1 Å². The molecule has 2 atom stereocenters. The van der Waals surface area contributed by atoms with Gasteiger partial charge in [0.15, 0.2) is 5.67 Å². The molecular weight excluding hydrogens is 343 g/mol. The van der Waals surface area contributed by atoms with Gasteiger partial charge in [-0.05, 0) is 18.2 Å². The number of amides is 1. The number of hydrogen-bond acceptors (Lipinski definition) is 5. The number of nitrogens with zero attached hydrogens (tertiary/aromatic N) is 4. The van der Waals surface area contributed by atoms with Gasteiger partial charge in [-0.25, -0.2) is 9.07 Å². The van der Waals surface area contributed by atoms with Gasteiger partial charge in [-0.1, -0.05) is 0 Å². The summed E-state index contributed by atoms with van der Waals surface area (Å²) in [6, 6.07) is 4.99. The fourth-order valence-corrected chi connectivity index (χ4v) is 3.68. The Morgan fingerprint density at radius 2 is 2.15 bits per heavy atom. The van der Waals surface area contributed by atoms with E-state index >= 15 is 4.39 Å². The maximum absolute atomic E-state index is 15.4. The van der Waals surface area contributed by atoms with Crippen molar-refractivity contribution in [1.29, 1.82) is 0 Å². The Labute approximate surface area is 148 Å². The second kappa shape index (κ2) is 5.87. The van der Waals surface area contributed by atoms with Crippen molar-refractivity contribution in [2.75, 3.05) is 26.3 Å². The summed E-state index contributed by atoms with van der Waals surface area (Å²) in [6.07, 6.45) is 4.75. The molecule has 0 spiro atoms. The molecule has 4 heterocycles. The van der Waals surface area contributed by atoms with Gasteiger partial charge in [-0.3, -0.25) is 14.6 Å². The number of aliphatic carboxylic acids is 1. The quantitative estimate of drug-likeness (QED) is 0.874. The van der Waals surface area contributed by atoms with Crippen LogP contribution in [0.5, 0.6) is 0 Å².